The van der Waals surface area contributed by atoms with Crippen LogP contribution in [0.5, 0.6) is 0 Å². The summed E-state index contributed by atoms with van der Waals surface area (Å²) in [7, 11) is 0. The molecule has 0 saturated heterocycles. The number of amides is 2. The van der Waals surface area contributed by atoms with Crippen LogP contribution in [0.2, 0.25) is 0 Å². The van der Waals surface area contributed by atoms with E-state index in [9.17, 15) is 14.0 Å². The molecule has 5 nitrogen and oxygen atoms in total. The second kappa shape index (κ2) is 8.77. The molecule has 2 aromatic carbocycles. The highest BCUT2D eigenvalue weighted by atomic mass is 19.1. The van der Waals surface area contributed by atoms with Crippen molar-refractivity contribution in [3.05, 3.63) is 65.5 Å². The van der Waals surface area contributed by atoms with Gasteiger partial charge in [-0.3, -0.25) is 9.59 Å². The lowest BCUT2D eigenvalue weighted by molar-refractivity contribution is -0.117. The zero-order valence-corrected chi connectivity index (χ0v) is 15.1. The van der Waals surface area contributed by atoms with E-state index in [-0.39, 0.29) is 36.1 Å². The zero-order chi connectivity index (χ0) is 19.2. The summed E-state index contributed by atoms with van der Waals surface area (Å²) in [6, 6.07) is 13.1. The van der Waals surface area contributed by atoms with E-state index in [0.717, 1.165) is 19.3 Å². The third-order valence-electron chi connectivity index (χ3n) is 4.99. The van der Waals surface area contributed by atoms with Crippen molar-refractivity contribution in [1.82, 2.24) is 5.32 Å². The van der Waals surface area contributed by atoms with Crippen molar-refractivity contribution < 1.29 is 14.0 Å². The molecule has 0 aromatic heterocycles. The first-order chi connectivity index (χ1) is 13.0. The fraction of sp³-hybridized carbons (Fsp3) is 0.333. The lowest BCUT2D eigenvalue weighted by Gasteiger charge is -2.14. The van der Waals surface area contributed by atoms with Gasteiger partial charge in [0.1, 0.15) is 5.82 Å². The highest BCUT2D eigenvalue weighted by molar-refractivity contribution is 5.95. The van der Waals surface area contributed by atoms with Crippen molar-refractivity contribution in [2.45, 2.75) is 38.3 Å². The van der Waals surface area contributed by atoms with Gasteiger partial charge in [-0.05, 0) is 49.1 Å². The van der Waals surface area contributed by atoms with Gasteiger partial charge in [-0.25, -0.2) is 4.39 Å². The highest BCUT2D eigenvalue weighted by Gasteiger charge is 2.26. The van der Waals surface area contributed by atoms with E-state index in [0.29, 0.717) is 23.2 Å². The van der Waals surface area contributed by atoms with Gasteiger partial charge in [0.25, 0.3) is 5.91 Å². The van der Waals surface area contributed by atoms with Crippen LogP contribution >= 0.6 is 0 Å². The number of benzene rings is 2. The third-order valence-corrected chi connectivity index (χ3v) is 4.99. The summed E-state index contributed by atoms with van der Waals surface area (Å²) < 4.78 is 13.6. The number of rotatable bonds is 6. The first kappa shape index (κ1) is 19.0. The fourth-order valence-corrected chi connectivity index (χ4v) is 3.39. The molecule has 2 atom stereocenters. The number of hydrogen-bond donors (Lipinski definition) is 3. The molecule has 2 aromatic rings. The third kappa shape index (κ3) is 5.14. The molecule has 4 N–H and O–H groups in total. The van der Waals surface area contributed by atoms with Crippen LogP contribution in [0.3, 0.4) is 0 Å². The fourth-order valence-electron chi connectivity index (χ4n) is 3.39. The van der Waals surface area contributed by atoms with Crippen LogP contribution < -0.4 is 16.4 Å². The van der Waals surface area contributed by atoms with E-state index >= 15 is 0 Å². The van der Waals surface area contributed by atoms with E-state index in [1.54, 1.807) is 42.5 Å². The molecule has 2 amide bonds. The maximum Gasteiger partial charge on any atom is 0.251 e. The van der Waals surface area contributed by atoms with E-state index in [2.05, 4.69) is 10.6 Å². The standard InChI is InChI=1S/C21H24FN3O2/c22-18-6-2-1-4-16(18)13-24-21(27)14-8-10-17(11-9-14)25-20(26)12-15-5-3-7-19(15)23/h1-2,4,6,8-11,15,19H,3,5,7,12-13,23H2,(H,24,27)(H,25,26)/t15-,19+/m0/s1. The van der Waals surface area contributed by atoms with Gasteiger partial charge in [0.05, 0.1) is 0 Å². The highest BCUT2D eigenvalue weighted by Crippen LogP contribution is 2.27. The molecule has 142 valence electrons. The van der Waals surface area contributed by atoms with Crippen molar-refractivity contribution in [1.29, 1.82) is 0 Å². The van der Waals surface area contributed by atoms with Gasteiger partial charge in [-0.15, -0.1) is 0 Å². The number of hydrogen-bond acceptors (Lipinski definition) is 3. The predicted octanol–water partition coefficient (Wildman–Crippen LogP) is 3.21. The Bertz CT molecular complexity index is 807. The molecule has 3 rings (SSSR count). The van der Waals surface area contributed by atoms with Crippen molar-refractivity contribution in [2.24, 2.45) is 11.7 Å². The largest absolute Gasteiger partial charge is 0.348 e. The van der Waals surface area contributed by atoms with E-state index < -0.39 is 0 Å². The number of nitrogens with two attached hydrogens (primary N) is 1. The molecular weight excluding hydrogens is 345 g/mol. The Hall–Kier alpha value is -2.73. The number of carbonyl (C=O) groups is 2. The molecule has 6 heteroatoms. The molecular formula is C21H24FN3O2. The van der Waals surface area contributed by atoms with Crippen LogP contribution in [0, 0.1) is 11.7 Å². The smallest absolute Gasteiger partial charge is 0.251 e. The van der Waals surface area contributed by atoms with Crippen LogP contribution in [0.25, 0.3) is 0 Å². The molecule has 27 heavy (non-hydrogen) atoms. The molecule has 0 spiro atoms. The maximum absolute atomic E-state index is 13.6. The van der Waals surface area contributed by atoms with E-state index in [1.807, 2.05) is 0 Å². The van der Waals surface area contributed by atoms with Crippen molar-refractivity contribution >= 4 is 17.5 Å². The summed E-state index contributed by atoms with van der Waals surface area (Å²) in [4.78, 5) is 24.3. The average molecular weight is 369 g/mol. The first-order valence-electron chi connectivity index (χ1n) is 9.20. The van der Waals surface area contributed by atoms with Crippen molar-refractivity contribution in [3.63, 3.8) is 0 Å². The number of halogens is 1. The quantitative estimate of drug-likeness (QED) is 0.731. The second-order valence-corrected chi connectivity index (χ2v) is 6.96. The first-order valence-corrected chi connectivity index (χ1v) is 9.20. The van der Waals surface area contributed by atoms with Crippen LogP contribution in [0.15, 0.2) is 48.5 Å². The topological polar surface area (TPSA) is 84.2 Å². The van der Waals surface area contributed by atoms with E-state index in [1.165, 1.54) is 6.07 Å². The summed E-state index contributed by atoms with van der Waals surface area (Å²) in [6.45, 7) is 0.117. The molecule has 0 bridgehead atoms. The number of anilines is 1. The van der Waals surface area contributed by atoms with Gasteiger partial charge >= 0.3 is 0 Å². The van der Waals surface area contributed by atoms with Gasteiger partial charge in [0.2, 0.25) is 5.91 Å². The lowest BCUT2D eigenvalue weighted by Crippen LogP contribution is -2.28. The molecule has 1 fully saturated rings. The van der Waals surface area contributed by atoms with Crippen molar-refractivity contribution in [2.75, 3.05) is 5.32 Å². The lowest BCUT2D eigenvalue weighted by atomic mass is 10.00. The zero-order valence-electron chi connectivity index (χ0n) is 15.1. The predicted molar refractivity (Wildman–Crippen MR) is 103 cm³/mol. The number of carbonyl (C=O) groups excluding carboxylic acids is 2. The Morgan fingerprint density at radius 3 is 2.48 bits per heavy atom. The molecule has 1 aliphatic rings. The number of nitrogens with one attached hydrogen (secondary N) is 2. The van der Waals surface area contributed by atoms with Gasteiger partial charge in [-0.1, -0.05) is 24.6 Å². The van der Waals surface area contributed by atoms with E-state index in [4.69, 9.17) is 5.73 Å². The second-order valence-electron chi connectivity index (χ2n) is 6.96. The Morgan fingerprint density at radius 2 is 1.81 bits per heavy atom. The van der Waals surface area contributed by atoms with Gasteiger partial charge in [0, 0.05) is 35.8 Å². The molecule has 0 heterocycles. The Labute approximate surface area is 158 Å². The Morgan fingerprint density at radius 1 is 1.07 bits per heavy atom. The van der Waals surface area contributed by atoms with Crippen LogP contribution in [0.1, 0.15) is 41.6 Å². The molecule has 0 radical (unpaired) electrons. The molecule has 0 unspecified atom stereocenters. The summed E-state index contributed by atoms with van der Waals surface area (Å²) in [5.41, 5.74) is 7.52. The van der Waals surface area contributed by atoms with Crippen LogP contribution in [0.4, 0.5) is 10.1 Å². The Balaban J connectivity index is 1.51. The van der Waals surface area contributed by atoms with Gasteiger partial charge in [-0.2, -0.15) is 0 Å². The Kier molecular flexibility index (Phi) is 6.19. The maximum atomic E-state index is 13.6. The molecule has 1 saturated carbocycles. The van der Waals surface area contributed by atoms with Gasteiger partial charge < -0.3 is 16.4 Å². The normalized spacial score (nSPS) is 18.9. The SMILES string of the molecule is N[C@@H]1CCC[C@H]1CC(=O)Nc1ccc(C(=O)NCc2ccccc2F)cc1. The summed E-state index contributed by atoms with van der Waals surface area (Å²) >= 11 is 0. The van der Waals surface area contributed by atoms with Gasteiger partial charge in [0.15, 0.2) is 0 Å². The minimum Gasteiger partial charge on any atom is -0.348 e. The van der Waals surface area contributed by atoms with Crippen molar-refractivity contribution in [3.8, 4) is 0 Å². The minimum absolute atomic E-state index is 0.0610. The summed E-state index contributed by atoms with van der Waals surface area (Å²) in [6.07, 6.45) is 3.48. The van der Waals surface area contributed by atoms with Crippen LogP contribution in [-0.2, 0) is 11.3 Å². The van der Waals surface area contributed by atoms with Crippen LogP contribution in [-0.4, -0.2) is 17.9 Å². The summed E-state index contributed by atoms with van der Waals surface area (Å²) in [5, 5.41) is 5.53. The molecule has 1 aliphatic carbocycles. The average Bonchev–Trinajstić information content (AvgIpc) is 3.06. The minimum atomic E-state index is -0.349. The monoisotopic (exact) mass is 369 g/mol. The summed E-state index contributed by atoms with van der Waals surface area (Å²) in [5.74, 6) is -0.464. The molecule has 0 aliphatic heterocycles.